The summed E-state index contributed by atoms with van der Waals surface area (Å²) < 4.78 is 33.9. The van der Waals surface area contributed by atoms with Gasteiger partial charge in [0.25, 0.3) is 5.72 Å². The van der Waals surface area contributed by atoms with Gasteiger partial charge in [0.1, 0.15) is 23.8 Å². The standard InChI is InChI=1S/C22H24BN3O10S2/c1-10-24-14(8-37-10)17(25-33-7-12-6-32-21(2,3)34-12)15(27)5-13-18(29)26-19(13)38(31)9-11-4-16(28)35-22(11,26)20(30)36-23/h8,11-13,19H,4-7,9H2,1-3H3/b25-17-/t11-,12-,13+,19+,22+,38-/m0/s1. The Morgan fingerprint density at radius 2 is 2.13 bits per heavy atom. The number of hydrogen-bond donors (Lipinski definition) is 0. The van der Waals surface area contributed by atoms with E-state index in [-0.39, 0.29) is 36.6 Å². The van der Waals surface area contributed by atoms with Crippen molar-refractivity contribution >= 4 is 59.5 Å². The maximum atomic E-state index is 13.4. The van der Waals surface area contributed by atoms with Gasteiger partial charge in [-0.2, -0.15) is 0 Å². The molecule has 1 amide bonds. The van der Waals surface area contributed by atoms with Crippen LogP contribution in [-0.4, -0.2) is 93.4 Å². The normalized spacial score (nSPS) is 33.7. The molecule has 0 bridgehead atoms. The molecule has 1 aromatic heterocycles. The van der Waals surface area contributed by atoms with Gasteiger partial charge in [0.2, 0.25) is 5.91 Å². The SMILES string of the molecule is [B]OC(=O)[C@]12OC(=O)C[C@H]1C[S@](=O)[C@@H]1[C@H](CC(=O)/C(=N\OC[C@@H]3COC(C)(C)O3)c3csc(C)n3)C(=O)N12. The highest BCUT2D eigenvalue weighted by Gasteiger charge is 2.73. The van der Waals surface area contributed by atoms with Crippen LogP contribution in [0.2, 0.25) is 0 Å². The molecule has 13 nitrogen and oxygen atoms in total. The van der Waals surface area contributed by atoms with Crippen molar-refractivity contribution in [3.8, 4) is 0 Å². The van der Waals surface area contributed by atoms with Crippen molar-refractivity contribution in [1.82, 2.24) is 9.88 Å². The van der Waals surface area contributed by atoms with Crippen molar-refractivity contribution < 1.29 is 47.1 Å². The lowest BCUT2D eigenvalue weighted by Crippen LogP contribution is -2.78. The van der Waals surface area contributed by atoms with Crippen LogP contribution in [0.1, 0.15) is 37.4 Å². The van der Waals surface area contributed by atoms with E-state index in [0.29, 0.717) is 11.6 Å². The fraction of sp³-hybridized carbons (Fsp3) is 0.636. The van der Waals surface area contributed by atoms with Crippen molar-refractivity contribution in [1.29, 1.82) is 0 Å². The first-order valence-corrected chi connectivity index (χ1v) is 14.0. The minimum absolute atomic E-state index is 0.0165. The van der Waals surface area contributed by atoms with Gasteiger partial charge in [0.05, 0.1) is 29.9 Å². The molecule has 0 N–H and O–H groups in total. The Hall–Kier alpha value is -2.69. The number of ether oxygens (including phenoxy) is 3. The number of aryl methyl sites for hydroxylation is 1. The Kier molecular flexibility index (Phi) is 6.94. The lowest BCUT2D eigenvalue weighted by atomic mass is 9.84. The maximum absolute atomic E-state index is 13.4. The van der Waals surface area contributed by atoms with Crippen molar-refractivity contribution in [3.05, 3.63) is 16.1 Å². The highest BCUT2D eigenvalue weighted by Crippen LogP contribution is 2.50. The number of β-lactam (4-membered cyclic amide) rings is 1. The smallest absolute Gasteiger partial charge is 0.378 e. The molecule has 5 heterocycles. The van der Waals surface area contributed by atoms with Crippen LogP contribution in [0.3, 0.4) is 0 Å². The van der Waals surface area contributed by atoms with Crippen LogP contribution in [0.5, 0.6) is 0 Å². The lowest BCUT2D eigenvalue weighted by Gasteiger charge is -2.56. The Bertz CT molecular complexity index is 1250. The number of ketones is 1. The maximum Gasteiger partial charge on any atom is 0.378 e. The second-order valence-electron chi connectivity index (χ2n) is 9.79. The average Bonchev–Trinajstić information content (AvgIpc) is 3.54. The highest BCUT2D eigenvalue weighted by molar-refractivity contribution is 7.85. The molecule has 1 aromatic rings. The van der Waals surface area contributed by atoms with Gasteiger partial charge in [-0.3, -0.25) is 23.5 Å². The highest BCUT2D eigenvalue weighted by atomic mass is 32.2. The molecule has 4 saturated heterocycles. The molecule has 0 unspecified atom stereocenters. The molecule has 16 heteroatoms. The fourth-order valence-electron chi connectivity index (χ4n) is 5.15. The lowest BCUT2D eigenvalue weighted by molar-refractivity contribution is -0.218. The van der Waals surface area contributed by atoms with Gasteiger partial charge in [-0.25, -0.2) is 9.78 Å². The van der Waals surface area contributed by atoms with E-state index in [4.69, 9.17) is 27.1 Å². The van der Waals surface area contributed by atoms with Gasteiger partial charge in [-0.1, -0.05) is 5.16 Å². The topological polar surface area (TPSA) is 160 Å². The largest absolute Gasteiger partial charge is 0.539 e. The zero-order valence-electron chi connectivity index (χ0n) is 20.7. The third-order valence-corrected chi connectivity index (χ3v) is 9.38. The number of fused-ring (bicyclic) bond motifs is 3. The number of esters is 1. The number of oxime groups is 1. The van der Waals surface area contributed by atoms with E-state index in [0.717, 1.165) is 4.90 Å². The molecular formula is C22H24BN3O10S2. The molecule has 2 radical (unpaired) electrons. The van der Waals surface area contributed by atoms with E-state index in [2.05, 4.69) is 14.8 Å². The Morgan fingerprint density at radius 3 is 2.76 bits per heavy atom. The summed E-state index contributed by atoms with van der Waals surface area (Å²) in [5.74, 6) is -5.92. The number of hydrogen-bond acceptors (Lipinski definition) is 13. The predicted molar refractivity (Wildman–Crippen MR) is 130 cm³/mol. The number of nitrogens with zero attached hydrogens (tertiary/aromatic N) is 3. The number of carbonyl (C=O) groups is 4. The Morgan fingerprint density at radius 1 is 1.37 bits per heavy atom. The molecule has 5 rings (SSSR count). The summed E-state index contributed by atoms with van der Waals surface area (Å²) >= 11 is 1.30. The molecule has 4 aliphatic heterocycles. The molecule has 6 atom stereocenters. The second-order valence-corrected chi connectivity index (χ2v) is 12.4. The van der Waals surface area contributed by atoms with Crippen LogP contribution in [0, 0.1) is 18.8 Å². The number of aromatic nitrogens is 1. The Labute approximate surface area is 225 Å². The summed E-state index contributed by atoms with van der Waals surface area (Å²) in [7, 11) is 3.40. The fourth-order valence-corrected chi connectivity index (χ4v) is 7.76. The molecule has 0 aromatic carbocycles. The molecule has 0 aliphatic carbocycles. The van der Waals surface area contributed by atoms with Gasteiger partial charge in [0.15, 0.2) is 17.3 Å². The minimum Gasteiger partial charge on any atom is -0.539 e. The summed E-state index contributed by atoms with van der Waals surface area (Å²) in [6.45, 7) is 5.60. The van der Waals surface area contributed by atoms with Gasteiger partial charge < -0.3 is 23.7 Å². The van der Waals surface area contributed by atoms with Crippen molar-refractivity contribution in [3.63, 3.8) is 0 Å². The van der Waals surface area contributed by atoms with Gasteiger partial charge in [-0.15, -0.1) is 11.3 Å². The quantitative estimate of drug-likeness (QED) is 0.134. The molecule has 0 spiro atoms. The van der Waals surface area contributed by atoms with Crippen molar-refractivity contribution in [2.75, 3.05) is 19.0 Å². The van der Waals surface area contributed by atoms with E-state index in [1.54, 1.807) is 26.2 Å². The third-order valence-electron chi connectivity index (χ3n) is 6.80. The minimum atomic E-state index is -2.09. The van der Waals surface area contributed by atoms with Gasteiger partial charge >= 0.3 is 20.0 Å². The first kappa shape index (κ1) is 26.9. The van der Waals surface area contributed by atoms with E-state index >= 15 is 0 Å². The van der Waals surface area contributed by atoms with E-state index in [1.165, 1.54) is 11.3 Å². The monoisotopic (exact) mass is 565 g/mol. The van der Waals surface area contributed by atoms with Crippen LogP contribution in [-0.2, 0) is 53.7 Å². The molecule has 38 heavy (non-hydrogen) atoms. The van der Waals surface area contributed by atoms with Crippen LogP contribution in [0.15, 0.2) is 10.5 Å². The first-order chi connectivity index (χ1) is 18.0. The zero-order valence-corrected chi connectivity index (χ0v) is 22.4. The summed E-state index contributed by atoms with van der Waals surface area (Å²) in [6, 6.07) is 0. The number of carbonyl (C=O) groups excluding carboxylic acids is 4. The zero-order chi connectivity index (χ0) is 27.4. The summed E-state index contributed by atoms with van der Waals surface area (Å²) in [6.07, 6.45) is -0.993. The summed E-state index contributed by atoms with van der Waals surface area (Å²) in [5.41, 5.74) is -1.94. The van der Waals surface area contributed by atoms with Crippen LogP contribution < -0.4 is 0 Å². The number of rotatable bonds is 8. The molecular weight excluding hydrogens is 541 g/mol. The molecule has 0 saturated carbocycles. The van der Waals surface area contributed by atoms with Gasteiger partial charge in [0, 0.05) is 28.4 Å². The number of thiazole rings is 1. The Balaban J connectivity index is 1.35. The molecule has 4 aliphatic rings. The molecule has 202 valence electrons. The van der Waals surface area contributed by atoms with E-state index in [9.17, 15) is 23.4 Å². The van der Waals surface area contributed by atoms with Crippen molar-refractivity contribution in [2.45, 2.75) is 56.6 Å². The average molecular weight is 565 g/mol. The summed E-state index contributed by atoms with van der Waals surface area (Å²) in [4.78, 5) is 62.0. The van der Waals surface area contributed by atoms with Crippen LogP contribution >= 0.6 is 11.3 Å². The van der Waals surface area contributed by atoms with Gasteiger partial charge in [-0.05, 0) is 20.8 Å². The number of Topliss-reactive ketones (excluding diaryl/α,β-unsaturated/α-hetero) is 1. The van der Waals surface area contributed by atoms with E-state index < -0.39 is 69.3 Å². The van der Waals surface area contributed by atoms with E-state index in [1.807, 2.05) is 0 Å². The van der Waals surface area contributed by atoms with Crippen molar-refractivity contribution in [2.24, 2.45) is 17.0 Å². The summed E-state index contributed by atoms with van der Waals surface area (Å²) in [5, 5.41) is 5.27. The second kappa shape index (κ2) is 9.81. The third kappa shape index (κ3) is 4.46. The predicted octanol–water partition coefficient (Wildman–Crippen LogP) is -0.284. The van der Waals surface area contributed by atoms with Crippen LogP contribution in [0.4, 0.5) is 0 Å². The first-order valence-electron chi connectivity index (χ1n) is 11.8. The van der Waals surface area contributed by atoms with Crippen LogP contribution in [0.25, 0.3) is 0 Å². The molecule has 4 fully saturated rings. The number of amides is 1.